The smallest absolute Gasteiger partial charge is 0.161 e. The number of H-pyrrole nitrogens is 1. The summed E-state index contributed by atoms with van der Waals surface area (Å²) in [6.07, 6.45) is 6.30. The van der Waals surface area contributed by atoms with Crippen LogP contribution in [-0.4, -0.2) is 19.9 Å². The Kier molecular flexibility index (Phi) is 3.67. The maximum atomic E-state index is 4.66. The van der Waals surface area contributed by atoms with E-state index in [4.69, 9.17) is 0 Å². The van der Waals surface area contributed by atoms with Crippen molar-refractivity contribution in [1.29, 1.82) is 0 Å². The van der Waals surface area contributed by atoms with Gasteiger partial charge >= 0.3 is 0 Å². The molecule has 3 heterocycles. The van der Waals surface area contributed by atoms with E-state index in [2.05, 4.69) is 50.4 Å². The van der Waals surface area contributed by atoms with Crippen molar-refractivity contribution < 1.29 is 0 Å². The first-order valence-electron chi connectivity index (χ1n) is 7.94. The molecule has 0 saturated heterocycles. The van der Waals surface area contributed by atoms with Crippen molar-refractivity contribution in [2.45, 2.75) is 13.3 Å². The SMILES string of the molecule is CCc1cc(Nc2ccc3[nH]ccc3c2)nc(-c2ccncc2)n1. The average Bonchev–Trinajstić information content (AvgIpc) is 3.10. The molecule has 1 aromatic carbocycles. The zero-order valence-corrected chi connectivity index (χ0v) is 13.3. The summed E-state index contributed by atoms with van der Waals surface area (Å²) in [5, 5.41) is 4.56. The van der Waals surface area contributed by atoms with E-state index in [1.165, 1.54) is 5.39 Å². The zero-order valence-electron chi connectivity index (χ0n) is 13.3. The summed E-state index contributed by atoms with van der Waals surface area (Å²) < 4.78 is 0. The molecule has 0 aliphatic carbocycles. The Bertz CT molecular complexity index is 975. The number of anilines is 2. The second-order valence-corrected chi connectivity index (χ2v) is 5.56. The number of benzene rings is 1. The van der Waals surface area contributed by atoms with Gasteiger partial charge in [0.2, 0.25) is 0 Å². The Morgan fingerprint density at radius 1 is 1.00 bits per heavy atom. The van der Waals surface area contributed by atoms with Gasteiger partial charge in [-0.15, -0.1) is 0 Å². The van der Waals surface area contributed by atoms with Crippen LogP contribution in [0.15, 0.2) is 61.1 Å². The van der Waals surface area contributed by atoms with Crippen LogP contribution in [0.25, 0.3) is 22.3 Å². The van der Waals surface area contributed by atoms with Crippen molar-refractivity contribution in [2.75, 3.05) is 5.32 Å². The van der Waals surface area contributed by atoms with Gasteiger partial charge in [0.25, 0.3) is 0 Å². The Morgan fingerprint density at radius 2 is 1.88 bits per heavy atom. The molecular formula is C19H17N5. The highest BCUT2D eigenvalue weighted by molar-refractivity contribution is 5.83. The summed E-state index contributed by atoms with van der Waals surface area (Å²) in [6, 6.07) is 14.1. The van der Waals surface area contributed by atoms with E-state index in [0.29, 0.717) is 5.82 Å². The fourth-order valence-electron chi connectivity index (χ4n) is 2.65. The molecule has 118 valence electrons. The highest BCUT2D eigenvalue weighted by Crippen LogP contribution is 2.23. The molecule has 0 bridgehead atoms. The molecule has 2 N–H and O–H groups in total. The number of fused-ring (bicyclic) bond motifs is 1. The van der Waals surface area contributed by atoms with Crippen LogP contribution in [-0.2, 0) is 6.42 Å². The second-order valence-electron chi connectivity index (χ2n) is 5.56. The number of pyridine rings is 1. The number of nitrogens with zero attached hydrogens (tertiary/aromatic N) is 3. The number of hydrogen-bond donors (Lipinski definition) is 2. The van der Waals surface area contributed by atoms with E-state index >= 15 is 0 Å². The summed E-state index contributed by atoms with van der Waals surface area (Å²) in [5.74, 6) is 1.51. The molecule has 5 heteroatoms. The van der Waals surface area contributed by atoms with Crippen LogP contribution in [0.1, 0.15) is 12.6 Å². The normalized spacial score (nSPS) is 10.9. The van der Waals surface area contributed by atoms with Gasteiger partial charge in [-0.25, -0.2) is 9.97 Å². The number of aromatic nitrogens is 4. The van der Waals surface area contributed by atoms with Crippen LogP contribution >= 0.6 is 0 Å². The van der Waals surface area contributed by atoms with E-state index in [0.717, 1.165) is 34.7 Å². The van der Waals surface area contributed by atoms with Crippen molar-refractivity contribution >= 4 is 22.4 Å². The molecule has 0 spiro atoms. The first kappa shape index (κ1) is 14.4. The highest BCUT2D eigenvalue weighted by Gasteiger charge is 2.07. The van der Waals surface area contributed by atoms with Crippen molar-refractivity contribution in [2.24, 2.45) is 0 Å². The van der Waals surface area contributed by atoms with Crippen LogP contribution < -0.4 is 5.32 Å². The van der Waals surface area contributed by atoms with E-state index < -0.39 is 0 Å². The molecular weight excluding hydrogens is 298 g/mol. The Labute approximate surface area is 139 Å². The number of aromatic amines is 1. The first-order valence-corrected chi connectivity index (χ1v) is 7.94. The van der Waals surface area contributed by atoms with Gasteiger partial charge in [0.1, 0.15) is 5.82 Å². The summed E-state index contributed by atoms with van der Waals surface area (Å²) >= 11 is 0. The second kappa shape index (κ2) is 6.12. The van der Waals surface area contributed by atoms with Gasteiger partial charge in [-0.3, -0.25) is 4.98 Å². The summed E-state index contributed by atoms with van der Waals surface area (Å²) in [4.78, 5) is 16.5. The maximum absolute atomic E-state index is 4.66. The molecule has 3 aromatic heterocycles. The first-order chi connectivity index (χ1) is 11.8. The standard InChI is InChI=1S/C19H17N5/c1-2-15-12-18(24-19(23-15)13-5-8-20-9-6-13)22-16-3-4-17-14(11-16)7-10-21-17/h3-12,21H,2H2,1H3,(H,22,23,24). The van der Waals surface area contributed by atoms with E-state index in [1.54, 1.807) is 12.4 Å². The molecule has 0 fully saturated rings. The lowest BCUT2D eigenvalue weighted by Gasteiger charge is -2.10. The van der Waals surface area contributed by atoms with Crippen molar-refractivity contribution in [3.8, 4) is 11.4 Å². The van der Waals surface area contributed by atoms with Crippen LogP contribution in [0.4, 0.5) is 11.5 Å². The molecule has 0 unspecified atom stereocenters. The van der Waals surface area contributed by atoms with Gasteiger partial charge in [0.05, 0.1) is 0 Å². The minimum Gasteiger partial charge on any atom is -0.361 e. The highest BCUT2D eigenvalue weighted by atomic mass is 15.0. The number of nitrogens with one attached hydrogen (secondary N) is 2. The quantitative estimate of drug-likeness (QED) is 0.588. The monoisotopic (exact) mass is 315 g/mol. The summed E-state index contributed by atoms with van der Waals surface area (Å²) in [6.45, 7) is 2.09. The van der Waals surface area contributed by atoms with Gasteiger partial charge in [-0.05, 0) is 42.8 Å². The Morgan fingerprint density at radius 3 is 2.71 bits per heavy atom. The predicted molar refractivity (Wildman–Crippen MR) is 96.2 cm³/mol. The molecule has 0 aliphatic heterocycles. The molecule has 0 radical (unpaired) electrons. The third-order valence-corrected chi connectivity index (χ3v) is 3.91. The Hall–Kier alpha value is -3.21. The number of rotatable bonds is 4. The maximum Gasteiger partial charge on any atom is 0.161 e. The van der Waals surface area contributed by atoms with E-state index in [1.807, 2.05) is 30.5 Å². The minimum absolute atomic E-state index is 0.710. The van der Waals surface area contributed by atoms with Gasteiger partial charge in [0, 0.05) is 52.5 Å². The lowest BCUT2D eigenvalue weighted by atomic mass is 10.2. The molecule has 0 saturated carbocycles. The van der Waals surface area contributed by atoms with Gasteiger partial charge in [-0.1, -0.05) is 6.92 Å². The number of hydrogen-bond acceptors (Lipinski definition) is 4. The fraction of sp³-hybridized carbons (Fsp3) is 0.105. The van der Waals surface area contributed by atoms with Crippen LogP contribution in [0.5, 0.6) is 0 Å². The fourth-order valence-corrected chi connectivity index (χ4v) is 2.65. The van der Waals surface area contributed by atoms with Crippen molar-refractivity contribution in [1.82, 2.24) is 19.9 Å². The average molecular weight is 315 g/mol. The van der Waals surface area contributed by atoms with Crippen LogP contribution in [0, 0.1) is 0 Å². The van der Waals surface area contributed by atoms with Crippen molar-refractivity contribution in [3.05, 3.63) is 66.7 Å². The van der Waals surface area contributed by atoms with Crippen molar-refractivity contribution in [3.63, 3.8) is 0 Å². The van der Waals surface area contributed by atoms with Crippen LogP contribution in [0.3, 0.4) is 0 Å². The molecule has 0 atom stereocenters. The molecule has 4 aromatic rings. The van der Waals surface area contributed by atoms with E-state index in [9.17, 15) is 0 Å². The third kappa shape index (κ3) is 2.84. The molecule has 5 nitrogen and oxygen atoms in total. The minimum atomic E-state index is 0.710. The third-order valence-electron chi connectivity index (χ3n) is 3.91. The largest absolute Gasteiger partial charge is 0.361 e. The summed E-state index contributed by atoms with van der Waals surface area (Å²) in [7, 11) is 0. The molecule has 24 heavy (non-hydrogen) atoms. The molecule has 0 aliphatic rings. The molecule has 0 amide bonds. The summed E-state index contributed by atoms with van der Waals surface area (Å²) in [5.41, 5.74) is 4.09. The lowest BCUT2D eigenvalue weighted by molar-refractivity contribution is 1.01. The zero-order chi connectivity index (χ0) is 16.4. The number of aryl methyl sites for hydroxylation is 1. The Balaban J connectivity index is 1.71. The van der Waals surface area contributed by atoms with Crippen LogP contribution in [0.2, 0.25) is 0 Å². The molecule has 4 rings (SSSR count). The topological polar surface area (TPSA) is 66.5 Å². The van der Waals surface area contributed by atoms with Gasteiger partial charge < -0.3 is 10.3 Å². The van der Waals surface area contributed by atoms with Gasteiger partial charge in [-0.2, -0.15) is 0 Å². The predicted octanol–water partition coefficient (Wildman–Crippen LogP) is 4.33. The van der Waals surface area contributed by atoms with E-state index in [-0.39, 0.29) is 0 Å². The lowest BCUT2D eigenvalue weighted by Crippen LogP contribution is -2.00. The van der Waals surface area contributed by atoms with Gasteiger partial charge in [0.15, 0.2) is 5.82 Å².